The van der Waals surface area contributed by atoms with Crippen LogP contribution in [-0.2, 0) is 20.7 Å². The number of amides is 1. The second kappa shape index (κ2) is 8.07. The second-order valence-electron chi connectivity index (χ2n) is 4.68. The van der Waals surface area contributed by atoms with E-state index in [1.807, 2.05) is 6.92 Å². The molecule has 9 heteroatoms. The SMILES string of the molecule is CCOC(=O)Cc1csc(NC(=O)C(CC)n2cc(Cl)cn2)n1. The molecule has 0 bridgehead atoms. The zero-order chi connectivity index (χ0) is 16.8. The highest BCUT2D eigenvalue weighted by Crippen LogP contribution is 2.20. The molecule has 1 N–H and O–H groups in total. The number of anilines is 1. The van der Waals surface area contributed by atoms with Gasteiger partial charge in [-0.25, -0.2) is 4.98 Å². The van der Waals surface area contributed by atoms with Crippen molar-refractivity contribution in [2.24, 2.45) is 0 Å². The summed E-state index contributed by atoms with van der Waals surface area (Å²) in [5, 5.41) is 9.43. The van der Waals surface area contributed by atoms with Crippen LogP contribution in [0.3, 0.4) is 0 Å². The molecule has 2 aromatic rings. The number of nitrogens with zero attached hydrogens (tertiary/aromatic N) is 3. The van der Waals surface area contributed by atoms with E-state index in [-0.39, 0.29) is 18.3 Å². The van der Waals surface area contributed by atoms with Crippen LogP contribution in [0.2, 0.25) is 5.02 Å². The van der Waals surface area contributed by atoms with Crippen LogP contribution >= 0.6 is 22.9 Å². The van der Waals surface area contributed by atoms with Gasteiger partial charge in [0.15, 0.2) is 5.13 Å². The van der Waals surface area contributed by atoms with Gasteiger partial charge in [-0.1, -0.05) is 18.5 Å². The number of halogens is 1. The maximum atomic E-state index is 12.3. The number of ether oxygens (including phenoxy) is 1. The highest BCUT2D eigenvalue weighted by molar-refractivity contribution is 7.13. The van der Waals surface area contributed by atoms with Crippen molar-refractivity contribution in [2.75, 3.05) is 11.9 Å². The smallest absolute Gasteiger partial charge is 0.311 e. The molecular formula is C14H17ClN4O3S. The van der Waals surface area contributed by atoms with Crippen LogP contribution in [0.5, 0.6) is 0 Å². The predicted molar refractivity (Wildman–Crippen MR) is 87.6 cm³/mol. The van der Waals surface area contributed by atoms with Gasteiger partial charge in [-0.15, -0.1) is 11.3 Å². The van der Waals surface area contributed by atoms with Gasteiger partial charge in [0.25, 0.3) is 5.91 Å². The van der Waals surface area contributed by atoms with Crippen molar-refractivity contribution in [3.63, 3.8) is 0 Å². The molecule has 2 rings (SSSR count). The minimum absolute atomic E-state index is 0.0895. The average molecular weight is 357 g/mol. The number of thiazole rings is 1. The van der Waals surface area contributed by atoms with Crippen LogP contribution in [-0.4, -0.2) is 33.2 Å². The molecule has 0 fully saturated rings. The molecule has 0 aliphatic rings. The highest BCUT2D eigenvalue weighted by atomic mass is 35.5. The first-order valence-electron chi connectivity index (χ1n) is 7.14. The monoisotopic (exact) mass is 356 g/mol. The topological polar surface area (TPSA) is 86.1 Å². The van der Waals surface area contributed by atoms with Crippen molar-refractivity contribution in [1.82, 2.24) is 14.8 Å². The number of rotatable bonds is 7. The molecule has 0 spiro atoms. The molecule has 2 aromatic heterocycles. The molecule has 0 aliphatic heterocycles. The standard InChI is InChI=1S/C14H17ClN4O3S/c1-3-11(19-7-9(15)6-16-19)13(21)18-14-17-10(8-23-14)5-12(20)22-4-2/h6-8,11H,3-5H2,1-2H3,(H,17,18,21). The lowest BCUT2D eigenvalue weighted by Gasteiger charge is -2.14. The minimum Gasteiger partial charge on any atom is -0.466 e. The largest absolute Gasteiger partial charge is 0.466 e. The number of carbonyl (C=O) groups excluding carboxylic acids is 2. The second-order valence-corrected chi connectivity index (χ2v) is 5.97. The van der Waals surface area contributed by atoms with Crippen molar-refractivity contribution in [2.45, 2.75) is 32.7 Å². The Bertz CT molecular complexity index is 685. The lowest BCUT2D eigenvalue weighted by Crippen LogP contribution is -2.25. The Hall–Kier alpha value is -1.93. The van der Waals surface area contributed by atoms with E-state index < -0.39 is 6.04 Å². The Labute approximate surface area is 142 Å². The first-order chi connectivity index (χ1) is 11.0. The van der Waals surface area contributed by atoms with Crippen molar-refractivity contribution >= 4 is 39.9 Å². The number of hydrogen-bond donors (Lipinski definition) is 1. The molecule has 0 radical (unpaired) electrons. The number of carbonyl (C=O) groups is 2. The summed E-state index contributed by atoms with van der Waals surface area (Å²) in [7, 11) is 0. The Morgan fingerprint density at radius 1 is 1.48 bits per heavy atom. The number of nitrogens with one attached hydrogen (secondary N) is 1. The molecule has 1 atom stereocenters. The summed E-state index contributed by atoms with van der Waals surface area (Å²) >= 11 is 7.09. The van der Waals surface area contributed by atoms with Gasteiger partial charge >= 0.3 is 5.97 Å². The average Bonchev–Trinajstić information content (AvgIpc) is 3.09. The first-order valence-corrected chi connectivity index (χ1v) is 8.39. The van der Waals surface area contributed by atoms with Gasteiger partial charge in [-0.2, -0.15) is 5.10 Å². The molecule has 1 unspecified atom stereocenters. The highest BCUT2D eigenvalue weighted by Gasteiger charge is 2.20. The quantitative estimate of drug-likeness (QED) is 0.771. The van der Waals surface area contributed by atoms with Crippen LogP contribution < -0.4 is 5.32 Å². The summed E-state index contributed by atoms with van der Waals surface area (Å²) in [5.41, 5.74) is 0.568. The van der Waals surface area contributed by atoms with Gasteiger partial charge in [0.1, 0.15) is 6.04 Å². The molecule has 1 amide bonds. The molecule has 7 nitrogen and oxygen atoms in total. The summed E-state index contributed by atoms with van der Waals surface area (Å²) in [6, 6.07) is -0.472. The normalized spacial score (nSPS) is 12.0. The zero-order valence-electron chi connectivity index (χ0n) is 12.8. The van der Waals surface area contributed by atoms with Crippen molar-refractivity contribution in [3.8, 4) is 0 Å². The van der Waals surface area contributed by atoms with E-state index in [1.165, 1.54) is 22.2 Å². The fourth-order valence-electron chi connectivity index (χ4n) is 1.97. The predicted octanol–water partition coefficient (Wildman–Crippen LogP) is 2.69. The van der Waals surface area contributed by atoms with Crippen molar-refractivity contribution < 1.29 is 14.3 Å². The Morgan fingerprint density at radius 2 is 2.26 bits per heavy atom. The zero-order valence-corrected chi connectivity index (χ0v) is 14.4. The molecule has 124 valence electrons. The summed E-state index contributed by atoms with van der Waals surface area (Å²) in [6.45, 7) is 3.96. The van der Waals surface area contributed by atoms with Gasteiger partial charge in [-0.3, -0.25) is 14.3 Å². The van der Waals surface area contributed by atoms with Crippen LogP contribution in [0.4, 0.5) is 5.13 Å². The number of aromatic nitrogens is 3. The molecule has 0 aliphatic carbocycles. The lowest BCUT2D eigenvalue weighted by molar-refractivity contribution is -0.142. The van der Waals surface area contributed by atoms with E-state index in [2.05, 4.69) is 15.4 Å². The van der Waals surface area contributed by atoms with E-state index in [0.29, 0.717) is 28.9 Å². The van der Waals surface area contributed by atoms with E-state index in [1.54, 1.807) is 18.5 Å². The van der Waals surface area contributed by atoms with Gasteiger partial charge in [0.2, 0.25) is 0 Å². The number of hydrogen-bond acceptors (Lipinski definition) is 6. The van der Waals surface area contributed by atoms with E-state index in [4.69, 9.17) is 16.3 Å². The van der Waals surface area contributed by atoms with Crippen molar-refractivity contribution in [1.29, 1.82) is 0 Å². The maximum Gasteiger partial charge on any atom is 0.311 e. The van der Waals surface area contributed by atoms with Gasteiger partial charge in [0.05, 0.1) is 29.9 Å². The van der Waals surface area contributed by atoms with Gasteiger partial charge in [-0.05, 0) is 13.3 Å². The van der Waals surface area contributed by atoms with Crippen molar-refractivity contribution in [3.05, 3.63) is 28.5 Å². The third kappa shape index (κ3) is 4.77. The fourth-order valence-corrected chi connectivity index (χ4v) is 2.83. The maximum absolute atomic E-state index is 12.3. The number of esters is 1. The van der Waals surface area contributed by atoms with E-state index >= 15 is 0 Å². The molecule has 23 heavy (non-hydrogen) atoms. The van der Waals surface area contributed by atoms with Crippen LogP contribution in [0.25, 0.3) is 0 Å². The first kappa shape index (κ1) is 17.4. The third-order valence-corrected chi connectivity index (χ3v) is 3.99. The lowest BCUT2D eigenvalue weighted by atomic mass is 10.2. The molecule has 0 saturated carbocycles. The van der Waals surface area contributed by atoms with Crippen LogP contribution in [0, 0.1) is 0 Å². The van der Waals surface area contributed by atoms with E-state index in [9.17, 15) is 9.59 Å². The van der Waals surface area contributed by atoms with E-state index in [0.717, 1.165) is 0 Å². The Balaban J connectivity index is 1.99. The Morgan fingerprint density at radius 3 is 2.87 bits per heavy atom. The fraction of sp³-hybridized carbons (Fsp3) is 0.429. The summed E-state index contributed by atoms with van der Waals surface area (Å²) in [4.78, 5) is 28.0. The van der Waals surface area contributed by atoms with Crippen LogP contribution in [0.15, 0.2) is 17.8 Å². The summed E-state index contributed by atoms with van der Waals surface area (Å²) in [5.74, 6) is -0.572. The minimum atomic E-state index is -0.472. The molecular weight excluding hydrogens is 340 g/mol. The molecule has 2 heterocycles. The Kier molecular flexibility index (Phi) is 6.12. The molecule has 0 saturated heterocycles. The van der Waals surface area contributed by atoms with Gasteiger partial charge in [0, 0.05) is 11.6 Å². The third-order valence-electron chi connectivity index (χ3n) is 2.99. The molecule has 0 aromatic carbocycles. The van der Waals surface area contributed by atoms with Gasteiger partial charge < -0.3 is 10.1 Å². The van der Waals surface area contributed by atoms with Crippen LogP contribution in [0.1, 0.15) is 32.0 Å². The summed E-state index contributed by atoms with van der Waals surface area (Å²) < 4.78 is 6.38. The summed E-state index contributed by atoms with van der Waals surface area (Å²) in [6.07, 6.45) is 3.73.